The van der Waals surface area contributed by atoms with Gasteiger partial charge in [0.15, 0.2) is 11.5 Å². The monoisotopic (exact) mass is 470 g/mol. The van der Waals surface area contributed by atoms with Crippen molar-refractivity contribution < 1.29 is 27.1 Å². The fourth-order valence-corrected chi connectivity index (χ4v) is 4.31. The Morgan fingerprint density at radius 2 is 1.76 bits per heavy atom. The van der Waals surface area contributed by atoms with Gasteiger partial charge in [0.2, 0.25) is 5.95 Å². The summed E-state index contributed by atoms with van der Waals surface area (Å²) in [5.74, 6) is -1.24. The number of fused-ring (bicyclic) bond motifs is 1. The van der Waals surface area contributed by atoms with E-state index in [1.807, 2.05) is 6.07 Å². The molecule has 0 aliphatic rings. The quantitative estimate of drug-likeness (QED) is 0.378. The van der Waals surface area contributed by atoms with Crippen LogP contribution in [0.4, 0.5) is 16.0 Å². The maximum absolute atomic E-state index is 14.0. The highest BCUT2D eigenvalue weighted by atomic mass is 32.2. The van der Waals surface area contributed by atoms with Crippen molar-refractivity contribution in [2.75, 3.05) is 24.3 Å². The molecule has 0 aliphatic carbocycles. The van der Waals surface area contributed by atoms with E-state index in [4.69, 9.17) is 9.47 Å². The van der Waals surface area contributed by atoms with E-state index < -0.39 is 21.7 Å². The maximum atomic E-state index is 14.0. The number of sulfonamides is 1. The van der Waals surface area contributed by atoms with E-state index in [-0.39, 0.29) is 33.6 Å². The van der Waals surface area contributed by atoms with E-state index in [9.17, 15) is 17.6 Å². The van der Waals surface area contributed by atoms with Gasteiger partial charge < -0.3 is 14.5 Å². The average Bonchev–Trinajstić information content (AvgIpc) is 3.21. The second-order valence-corrected chi connectivity index (χ2v) is 8.53. The predicted octanol–water partition coefficient (Wildman–Crippen LogP) is 3.77. The lowest BCUT2D eigenvalue weighted by Gasteiger charge is -2.15. The van der Waals surface area contributed by atoms with E-state index >= 15 is 0 Å². The van der Waals surface area contributed by atoms with Crippen molar-refractivity contribution in [1.29, 1.82) is 0 Å². The van der Waals surface area contributed by atoms with E-state index in [1.54, 1.807) is 18.2 Å². The number of halogens is 1. The number of hydrogen-bond acceptors (Lipinski definition) is 6. The molecule has 33 heavy (non-hydrogen) atoms. The van der Waals surface area contributed by atoms with Crippen LogP contribution in [0.5, 0.6) is 11.5 Å². The number of amides is 1. The van der Waals surface area contributed by atoms with E-state index in [1.165, 1.54) is 38.5 Å². The molecular weight excluding hydrogens is 451 g/mol. The highest BCUT2D eigenvalue weighted by molar-refractivity contribution is 7.92. The lowest BCUT2D eigenvalue weighted by Crippen LogP contribution is -2.18. The van der Waals surface area contributed by atoms with Gasteiger partial charge in [-0.1, -0.05) is 24.3 Å². The van der Waals surface area contributed by atoms with Crippen LogP contribution in [0.25, 0.3) is 11.0 Å². The molecule has 3 aromatic carbocycles. The zero-order chi connectivity index (χ0) is 23.6. The summed E-state index contributed by atoms with van der Waals surface area (Å²) < 4.78 is 52.6. The first-order valence-corrected chi connectivity index (χ1v) is 11.1. The number of nitrogens with zero attached hydrogens (tertiary/aromatic N) is 1. The van der Waals surface area contributed by atoms with Crippen molar-refractivity contribution in [3.63, 3.8) is 0 Å². The number of nitrogens with one attached hydrogen (secondary N) is 3. The fourth-order valence-electron chi connectivity index (χ4n) is 3.20. The molecule has 1 aromatic heterocycles. The third-order valence-electron chi connectivity index (χ3n) is 4.75. The molecule has 0 atom stereocenters. The molecule has 0 saturated heterocycles. The topological polar surface area (TPSA) is 122 Å². The summed E-state index contributed by atoms with van der Waals surface area (Å²) in [6.07, 6.45) is 0. The van der Waals surface area contributed by atoms with Crippen molar-refractivity contribution in [3.8, 4) is 11.5 Å². The number of hydrogen-bond donors (Lipinski definition) is 3. The number of carbonyl (C=O) groups is 1. The van der Waals surface area contributed by atoms with Crippen molar-refractivity contribution in [2.45, 2.75) is 4.90 Å². The van der Waals surface area contributed by atoms with Crippen LogP contribution >= 0.6 is 0 Å². The van der Waals surface area contributed by atoms with Crippen LogP contribution in [0.2, 0.25) is 0 Å². The summed E-state index contributed by atoms with van der Waals surface area (Å²) in [5, 5.41) is 2.59. The van der Waals surface area contributed by atoms with Crippen LogP contribution in [-0.4, -0.2) is 38.5 Å². The first kappa shape index (κ1) is 22.1. The van der Waals surface area contributed by atoms with Gasteiger partial charge >= 0.3 is 0 Å². The molecule has 0 radical (unpaired) electrons. The maximum Gasteiger partial charge on any atom is 0.262 e. The lowest BCUT2D eigenvalue weighted by molar-refractivity contribution is 0.102. The number of carbonyl (C=O) groups excluding carboxylic acids is 1. The minimum atomic E-state index is -4.27. The third kappa shape index (κ3) is 4.44. The van der Waals surface area contributed by atoms with Gasteiger partial charge in [-0.15, -0.1) is 0 Å². The second kappa shape index (κ2) is 8.79. The molecule has 0 fully saturated rings. The predicted molar refractivity (Wildman–Crippen MR) is 121 cm³/mol. The highest BCUT2D eigenvalue weighted by Gasteiger charge is 2.25. The van der Waals surface area contributed by atoms with Gasteiger partial charge in [0.25, 0.3) is 15.9 Å². The molecule has 0 bridgehead atoms. The van der Waals surface area contributed by atoms with Gasteiger partial charge in [-0.2, -0.15) is 0 Å². The van der Waals surface area contributed by atoms with Gasteiger partial charge in [-0.3, -0.25) is 14.8 Å². The minimum absolute atomic E-state index is 0.00339. The summed E-state index contributed by atoms with van der Waals surface area (Å²) in [5.41, 5.74) is 0.998. The number of ether oxygens (including phenoxy) is 2. The first-order chi connectivity index (χ1) is 15.8. The van der Waals surface area contributed by atoms with Crippen molar-refractivity contribution in [2.24, 2.45) is 0 Å². The molecule has 11 heteroatoms. The second-order valence-electron chi connectivity index (χ2n) is 6.85. The Morgan fingerprint density at radius 1 is 1.03 bits per heavy atom. The Hall–Kier alpha value is -4.12. The highest BCUT2D eigenvalue weighted by Crippen LogP contribution is 2.35. The summed E-state index contributed by atoms with van der Waals surface area (Å²) in [6.45, 7) is 0. The van der Waals surface area contributed by atoms with Crippen LogP contribution in [0, 0.1) is 5.82 Å². The standard InChI is InChI=1S/C22H19FN4O5S/c1-31-19-12-13(33(29,30)27-16-8-4-3-7-15(16)23)11-14(20(19)32-2)21(28)26-22-24-17-9-5-6-10-18(17)25-22/h3-12,27H,1-2H3,(H2,24,25,26,28). The number of imidazole rings is 1. The van der Waals surface area contributed by atoms with Crippen LogP contribution in [0.3, 0.4) is 0 Å². The molecule has 4 aromatic rings. The number of para-hydroxylation sites is 3. The Labute approximate surface area is 188 Å². The Bertz CT molecular complexity index is 1420. The number of methoxy groups -OCH3 is 2. The van der Waals surface area contributed by atoms with Crippen LogP contribution in [0.15, 0.2) is 65.6 Å². The molecule has 3 N–H and O–H groups in total. The van der Waals surface area contributed by atoms with Crippen LogP contribution in [-0.2, 0) is 10.0 Å². The molecule has 0 saturated carbocycles. The van der Waals surface area contributed by atoms with Crippen molar-refractivity contribution in [3.05, 3.63) is 72.0 Å². The Morgan fingerprint density at radius 3 is 2.45 bits per heavy atom. The molecular formula is C22H19FN4O5S. The van der Waals surface area contributed by atoms with Gasteiger partial charge in [-0.05, 0) is 30.3 Å². The number of H-pyrrole nitrogens is 1. The number of benzene rings is 3. The lowest BCUT2D eigenvalue weighted by atomic mass is 10.1. The van der Waals surface area contributed by atoms with E-state index in [2.05, 4.69) is 20.0 Å². The molecule has 1 heterocycles. The van der Waals surface area contributed by atoms with Crippen LogP contribution < -0.4 is 19.5 Å². The zero-order valence-electron chi connectivity index (χ0n) is 17.5. The fraction of sp³-hybridized carbons (Fsp3) is 0.0909. The summed E-state index contributed by atoms with van der Waals surface area (Å²) in [4.78, 5) is 20.0. The van der Waals surface area contributed by atoms with Crippen molar-refractivity contribution >= 4 is 38.6 Å². The average molecular weight is 470 g/mol. The molecule has 9 nitrogen and oxygen atoms in total. The minimum Gasteiger partial charge on any atom is -0.493 e. The Balaban J connectivity index is 1.73. The van der Waals surface area contributed by atoms with Crippen molar-refractivity contribution in [1.82, 2.24) is 9.97 Å². The van der Waals surface area contributed by atoms with Gasteiger partial charge in [0.05, 0.1) is 41.4 Å². The first-order valence-electron chi connectivity index (χ1n) is 9.62. The molecule has 1 amide bonds. The summed E-state index contributed by atoms with van der Waals surface area (Å²) >= 11 is 0. The largest absolute Gasteiger partial charge is 0.493 e. The Kier molecular flexibility index (Phi) is 5.88. The molecule has 0 spiro atoms. The zero-order valence-corrected chi connectivity index (χ0v) is 18.4. The normalized spacial score (nSPS) is 11.2. The number of anilines is 2. The molecule has 0 aliphatic heterocycles. The number of aromatic nitrogens is 2. The SMILES string of the molecule is COc1cc(S(=O)(=O)Nc2ccccc2F)cc(C(=O)Nc2nc3ccccc3[nH]2)c1OC. The van der Waals surface area contributed by atoms with E-state index in [0.29, 0.717) is 11.0 Å². The number of rotatable bonds is 7. The summed E-state index contributed by atoms with van der Waals surface area (Å²) in [7, 11) is -1.65. The molecule has 170 valence electrons. The molecule has 4 rings (SSSR count). The van der Waals surface area contributed by atoms with Gasteiger partial charge in [0.1, 0.15) is 5.82 Å². The third-order valence-corrected chi connectivity index (χ3v) is 6.09. The van der Waals surface area contributed by atoms with Gasteiger partial charge in [-0.25, -0.2) is 17.8 Å². The molecule has 0 unspecified atom stereocenters. The van der Waals surface area contributed by atoms with E-state index in [0.717, 1.165) is 12.1 Å². The van der Waals surface area contributed by atoms with Gasteiger partial charge in [0, 0.05) is 6.07 Å². The summed E-state index contributed by atoms with van der Waals surface area (Å²) in [6, 6.07) is 14.8. The number of aromatic amines is 1. The smallest absolute Gasteiger partial charge is 0.262 e. The van der Waals surface area contributed by atoms with Crippen LogP contribution in [0.1, 0.15) is 10.4 Å².